The van der Waals surface area contributed by atoms with E-state index < -0.39 is 10.0 Å². The molecule has 30 heavy (non-hydrogen) atoms. The average Bonchev–Trinajstić information content (AvgIpc) is 2.79. The lowest BCUT2D eigenvalue weighted by atomic mass is 10.0. The van der Waals surface area contributed by atoms with Crippen molar-refractivity contribution >= 4 is 10.0 Å². The van der Waals surface area contributed by atoms with Gasteiger partial charge >= 0.3 is 0 Å². The first kappa shape index (κ1) is 22.7. The van der Waals surface area contributed by atoms with Gasteiger partial charge in [-0.2, -0.15) is 4.31 Å². The number of sulfonamides is 1. The van der Waals surface area contributed by atoms with Crippen LogP contribution in [0.2, 0.25) is 0 Å². The summed E-state index contributed by atoms with van der Waals surface area (Å²) in [5.74, 6) is 0.534. The predicted octanol–water partition coefficient (Wildman–Crippen LogP) is 2.43. The Morgan fingerprint density at radius 3 is 2.60 bits per heavy atom. The van der Waals surface area contributed by atoms with E-state index in [1.54, 1.807) is 35.7 Å². The summed E-state index contributed by atoms with van der Waals surface area (Å²) in [6.07, 6.45) is 4.32. The summed E-state index contributed by atoms with van der Waals surface area (Å²) >= 11 is 0. The van der Waals surface area contributed by atoms with Gasteiger partial charge in [0.25, 0.3) is 0 Å². The van der Waals surface area contributed by atoms with Crippen LogP contribution in [0.15, 0.2) is 53.6 Å². The maximum absolute atomic E-state index is 13.4. The van der Waals surface area contributed by atoms with Crippen LogP contribution < -0.4 is 4.74 Å². The molecule has 8 heteroatoms. The Kier molecular flexibility index (Phi) is 8.21. The second-order valence-electron chi connectivity index (χ2n) is 7.43. The minimum atomic E-state index is -3.63. The van der Waals surface area contributed by atoms with E-state index in [-0.39, 0.29) is 10.9 Å². The molecule has 0 bridgehead atoms. The molecule has 0 saturated carbocycles. The van der Waals surface area contributed by atoms with Gasteiger partial charge in [0, 0.05) is 50.6 Å². The monoisotopic (exact) mass is 433 g/mol. The zero-order valence-corrected chi connectivity index (χ0v) is 18.6. The fraction of sp³-hybridized carbons (Fsp3) is 0.500. The predicted molar refractivity (Wildman–Crippen MR) is 116 cm³/mol. The Bertz CT molecular complexity index is 884. The molecule has 0 amide bonds. The number of nitrogens with zero attached hydrogens (tertiary/aromatic N) is 3. The molecule has 1 aromatic heterocycles. The van der Waals surface area contributed by atoms with Crippen LogP contribution in [0.4, 0.5) is 0 Å². The maximum Gasteiger partial charge on any atom is 0.243 e. The molecule has 2 heterocycles. The van der Waals surface area contributed by atoms with Crippen molar-refractivity contribution in [1.29, 1.82) is 0 Å². The fourth-order valence-corrected chi connectivity index (χ4v) is 5.53. The van der Waals surface area contributed by atoms with Crippen LogP contribution in [0.5, 0.6) is 5.75 Å². The van der Waals surface area contributed by atoms with Gasteiger partial charge in [-0.3, -0.25) is 4.98 Å². The van der Waals surface area contributed by atoms with Crippen LogP contribution in [-0.4, -0.2) is 75.7 Å². The highest BCUT2D eigenvalue weighted by Crippen LogP contribution is 2.26. The number of hydrogen-bond acceptors (Lipinski definition) is 6. The van der Waals surface area contributed by atoms with Crippen LogP contribution in [-0.2, 0) is 21.2 Å². The SMILES string of the molecule is COCCN(C1CCN(CCc2ccccn2)CC1)S(=O)(=O)c1cccc(OC)c1. The first-order valence-corrected chi connectivity index (χ1v) is 11.8. The molecule has 1 aliphatic rings. The Hall–Kier alpha value is -2.00. The van der Waals surface area contributed by atoms with Crippen molar-refractivity contribution in [2.75, 3.05) is 47.0 Å². The highest BCUT2D eigenvalue weighted by atomic mass is 32.2. The molecule has 0 aliphatic carbocycles. The molecule has 0 N–H and O–H groups in total. The molecule has 3 rings (SSSR count). The highest BCUT2D eigenvalue weighted by molar-refractivity contribution is 7.89. The van der Waals surface area contributed by atoms with E-state index in [1.807, 2.05) is 24.4 Å². The van der Waals surface area contributed by atoms with E-state index in [0.29, 0.717) is 18.9 Å². The van der Waals surface area contributed by atoms with Crippen molar-refractivity contribution in [3.63, 3.8) is 0 Å². The molecular weight excluding hydrogens is 402 g/mol. The number of ether oxygens (including phenoxy) is 2. The molecule has 1 saturated heterocycles. The Labute approximate surface area is 179 Å². The summed E-state index contributed by atoms with van der Waals surface area (Å²) in [6, 6.07) is 12.6. The van der Waals surface area contributed by atoms with Crippen molar-refractivity contribution < 1.29 is 17.9 Å². The Balaban J connectivity index is 1.65. The van der Waals surface area contributed by atoms with Crippen molar-refractivity contribution in [3.05, 3.63) is 54.4 Å². The first-order valence-electron chi connectivity index (χ1n) is 10.3. The quantitative estimate of drug-likeness (QED) is 0.573. The number of rotatable bonds is 10. The molecule has 0 radical (unpaired) electrons. The van der Waals surface area contributed by atoms with Crippen molar-refractivity contribution in [2.24, 2.45) is 0 Å². The number of piperidine rings is 1. The number of methoxy groups -OCH3 is 2. The van der Waals surface area contributed by atoms with E-state index in [0.717, 1.165) is 44.6 Å². The molecule has 164 valence electrons. The van der Waals surface area contributed by atoms with Crippen LogP contribution >= 0.6 is 0 Å². The molecule has 2 aromatic rings. The van der Waals surface area contributed by atoms with Crippen molar-refractivity contribution in [2.45, 2.75) is 30.2 Å². The van der Waals surface area contributed by atoms with Crippen LogP contribution in [0, 0.1) is 0 Å². The lowest BCUT2D eigenvalue weighted by Gasteiger charge is -2.37. The molecule has 1 aliphatic heterocycles. The number of benzene rings is 1. The summed E-state index contributed by atoms with van der Waals surface area (Å²) < 4.78 is 38.8. The van der Waals surface area contributed by atoms with E-state index in [9.17, 15) is 8.42 Å². The fourth-order valence-electron chi connectivity index (χ4n) is 3.83. The smallest absolute Gasteiger partial charge is 0.243 e. The van der Waals surface area contributed by atoms with Gasteiger partial charge < -0.3 is 14.4 Å². The molecule has 0 atom stereocenters. The molecule has 0 unspecified atom stereocenters. The molecule has 1 aromatic carbocycles. The van der Waals surface area contributed by atoms with Crippen molar-refractivity contribution in [1.82, 2.24) is 14.2 Å². The largest absolute Gasteiger partial charge is 0.497 e. The van der Waals surface area contributed by atoms with E-state index in [2.05, 4.69) is 9.88 Å². The lowest BCUT2D eigenvalue weighted by molar-refractivity contribution is 0.128. The average molecular weight is 434 g/mol. The number of likely N-dealkylation sites (tertiary alicyclic amines) is 1. The zero-order valence-electron chi connectivity index (χ0n) is 17.7. The molecule has 1 fully saturated rings. The zero-order chi connectivity index (χ0) is 21.4. The number of aromatic nitrogens is 1. The van der Waals surface area contributed by atoms with Crippen LogP contribution in [0.1, 0.15) is 18.5 Å². The highest BCUT2D eigenvalue weighted by Gasteiger charge is 2.33. The van der Waals surface area contributed by atoms with Gasteiger partial charge in [0.1, 0.15) is 5.75 Å². The third-order valence-electron chi connectivity index (χ3n) is 5.54. The van der Waals surface area contributed by atoms with Gasteiger partial charge in [-0.1, -0.05) is 12.1 Å². The van der Waals surface area contributed by atoms with Gasteiger partial charge in [0.2, 0.25) is 10.0 Å². The summed E-state index contributed by atoms with van der Waals surface area (Å²) in [5, 5.41) is 0. The Morgan fingerprint density at radius 2 is 1.93 bits per heavy atom. The second kappa shape index (κ2) is 10.9. The maximum atomic E-state index is 13.4. The minimum absolute atomic E-state index is 0.0394. The lowest BCUT2D eigenvalue weighted by Crippen LogP contribution is -2.48. The molecular formula is C22H31N3O4S. The van der Waals surface area contributed by atoms with E-state index in [1.165, 1.54) is 7.11 Å². The minimum Gasteiger partial charge on any atom is -0.497 e. The summed E-state index contributed by atoms with van der Waals surface area (Å²) in [4.78, 5) is 7.03. The van der Waals surface area contributed by atoms with Crippen LogP contribution in [0.25, 0.3) is 0 Å². The summed E-state index contributed by atoms with van der Waals surface area (Å²) in [5.41, 5.74) is 1.09. The standard InChI is InChI=1S/C22H31N3O4S/c1-28-17-16-25(30(26,27)22-8-5-7-21(18-22)29-2)20-10-14-24(15-11-20)13-9-19-6-3-4-12-23-19/h3-8,12,18,20H,9-11,13-17H2,1-2H3. The van der Waals surface area contributed by atoms with E-state index in [4.69, 9.17) is 9.47 Å². The van der Waals surface area contributed by atoms with Gasteiger partial charge in [0.15, 0.2) is 0 Å². The third-order valence-corrected chi connectivity index (χ3v) is 7.49. The van der Waals surface area contributed by atoms with E-state index >= 15 is 0 Å². The third kappa shape index (κ3) is 5.78. The summed E-state index contributed by atoms with van der Waals surface area (Å²) in [7, 11) is -0.503. The van der Waals surface area contributed by atoms with Crippen molar-refractivity contribution in [3.8, 4) is 5.75 Å². The molecule has 7 nitrogen and oxygen atoms in total. The van der Waals surface area contributed by atoms with Gasteiger partial charge in [-0.25, -0.2) is 8.42 Å². The van der Waals surface area contributed by atoms with Crippen LogP contribution in [0.3, 0.4) is 0 Å². The van der Waals surface area contributed by atoms with Gasteiger partial charge in [-0.15, -0.1) is 0 Å². The number of pyridine rings is 1. The van der Waals surface area contributed by atoms with Gasteiger partial charge in [-0.05, 0) is 50.2 Å². The first-order chi connectivity index (χ1) is 14.5. The number of hydrogen-bond donors (Lipinski definition) is 0. The molecule has 0 spiro atoms. The summed E-state index contributed by atoms with van der Waals surface area (Å²) in [6.45, 7) is 3.38. The van der Waals surface area contributed by atoms with Gasteiger partial charge in [0.05, 0.1) is 18.6 Å². The topological polar surface area (TPSA) is 72.0 Å². The normalized spacial score (nSPS) is 16.1. The second-order valence-corrected chi connectivity index (χ2v) is 9.32. The Morgan fingerprint density at radius 1 is 1.13 bits per heavy atom.